The average Bonchev–Trinajstić information content (AvgIpc) is 2.99. The maximum absolute atomic E-state index is 12.2. The second-order valence-electron chi connectivity index (χ2n) is 6.13. The van der Waals surface area contributed by atoms with Crippen LogP contribution in [0.25, 0.3) is 0 Å². The highest BCUT2D eigenvalue weighted by molar-refractivity contribution is 7.90. The fraction of sp³-hybridized carbons (Fsp3) is 0.222. The fourth-order valence-electron chi connectivity index (χ4n) is 2.94. The lowest BCUT2D eigenvalue weighted by molar-refractivity contribution is -0.136. The van der Waals surface area contributed by atoms with Gasteiger partial charge in [-0.1, -0.05) is 35.9 Å². The summed E-state index contributed by atoms with van der Waals surface area (Å²) in [5, 5.41) is 5.22. The van der Waals surface area contributed by atoms with Crippen molar-refractivity contribution in [2.75, 3.05) is 11.6 Å². The first-order chi connectivity index (χ1) is 12.3. The topological polar surface area (TPSA) is 92.3 Å². The third kappa shape index (κ3) is 3.89. The van der Waals surface area contributed by atoms with E-state index >= 15 is 0 Å². The van der Waals surface area contributed by atoms with Crippen LogP contribution < -0.4 is 10.6 Å². The van der Waals surface area contributed by atoms with Crippen LogP contribution in [0.1, 0.15) is 23.6 Å². The minimum absolute atomic E-state index is 0.00216. The Morgan fingerprint density at radius 2 is 1.85 bits per heavy atom. The van der Waals surface area contributed by atoms with Gasteiger partial charge in [-0.05, 0) is 42.2 Å². The number of halogens is 1. The van der Waals surface area contributed by atoms with Crippen molar-refractivity contribution < 1.29 is 18.0 Å². The number of rotatable bonds is 3. The number of hydrogen-bond acceptors (Lipinski definition) is 4. The molecule has 2 N–H and O–H groups in total. The lowest BCUT2D eigenvalue weighted by Gasteiger charge is -2.14. The standard InChI is InChI=1S/C18H17ClN2O4S/c1-26(24,25)12-7-8-14(19)16(10-12)21-18(23)17(22)20-15-9-6-11-4-2-3-5-13(11)15/h2-5,7-8,10,15H,6,9H2,1H3,(H,20,22)(H,21,23)/t15-/m1/s1. The van der Waals surface area contributed by atoms with Gasteiger partial charge in [0.1, 0.15) is 0 Å². The van der Waals surface area contributed by atoms with E-state index in [1.807, 2.05) is 24.3 Å². The van der Waals surface area contributed by atoms with Crippen LogP contribution in [-0.2, 0) is 25.8 Å². The molecular weight excluding hydrogens is 376 g/mol. The summed E-state index contributed by atoms with van der Waals surface area (Å²) in [6.45, 7) is 0. The van der Waals surface area contributed by atoms with E-state index in [-0.39, 0.29) is 21.6 Å². The molecule has 26 heavy (non-hydrogen) atoms. The number of carbonyl (C=O) groups excluding carboxylic acids is 2. The maximum Gasteiger partial charge on any atom is 0.313 e. The summed E-state index contributed by atoms with van der Waals surface area (Å²) < 4.78 is 23.3. The molecule has 8 heteroatoms. The number of aryl methyl sites for hydroxylation is 1. The van der Waals surface area contributed by atoms with Crippen molar-refractivity contribution in [1.82, 2.24) is 5.32 Å². The third-order valence-electron chi connectivity index (χ3n) is 4.26. The summed E-state index contributed by atoms with van der Waals surface area (Å²) in [6.07, 6.45) is 2.61. The third-order valence-corrected chi connectivity index (χ3v) is 5.70. The van der Waals surface area contributed by atoms with Crippen LogP contribution in [0.3, 0.4) is 0 Å². The number of fused-ring (bicyclic) bond motifs is 1. The van der Waals surface area contributed by atoms with E-state index < -0.39 is 21.7 Å². The van der Waals surface area contributed by atoms with Crippen LogP contribution in [0, 0.1) is 0 Å². The first-order valence-electron chi connectivity index (χ1n) is 7.95. The van der Waals surface area contributed by atoms with Gasteiger partial charge in [-0.15, -0.1) is 0 Å². The molecule has 0 saturated heterocycles. The molecule has 1 aliphatic carbocycles. The van der Waals surface area contributed by atoms with Gasteiger partial charge in [0.05, 0.1) is 21.6 Å². The number of nitrogens with one attached hydrogen (secondary N) is 2. The number of carbonyl (C=O) groups is 2. The molecule has 0 heterocycles. The molecule has 2 aromatic carbocycles. The van der Waals surface area contributed by atoms with Gasteiger partial charge in [-0.2, -0.15) is 0 Å². The monoisotopic (exact) mass is 392 g/mol. The quantitative estimate of drug-likeness (QED) is 0.785. The predicted molar refractivity (Wildman–Crippen MR) is 98.8 cm³/mol. The molecular formula is C18H17ClN2O4S. The van der Waals surface area contributed by atoms with Gasteiger partial charge in [-0.25, -0.2) is 8.42 Å². The number of anilines is 1. The molecule has 2 amide bonds. The summed E-state index contributed by atoms with van der Waals surface area (Å²) in [7, 11) is -3.46. The van der Waals surface area contributed by atoms with Crippen molar-refractivity contribution in [2.45, 2.75) is 23.8 Å². The number of amides is 2. The van der Waals surface area contributed by atoms with E-state index in [1.165, 1.54) is 18.2 Å². The van der Waals surface area contributed by atoms with Crippen LogP contribution in [0.2, 0.25) is 5.02 Å². The zero-order chi connectivity index (χ0) is 18.9. The molecule has 0 aliphatic heterocycles. The van der Waals surface area contributed by atoms with E-state index in [1.54, 1.807) is 0 Å². The molecule has 0 aromatic heterocycles. The lowest BCUT2D eigenvalue weighted by atomic mass is 10.1. The Morgan fingerprint density at radius 3 is 2.58 bits per heavy atom. The van der Waals surface area contributed by atoms with Gasteiger partial charge >= 0.3 is 11.8 Å². The predicted octanol–water partition coefficient (Wildman–Crippen LogP) is 2.49. The molecule has 0 saturated carbocycles. The van der Waals surface area contributed by atoms with Crippen LogP contribution in [0.4, 0.5) is 5.69 Å². The highest BCUT2D eigenvalue weighted by Crippen LogP contribution is 2.30. The van der Waals surface area contributed by atoms with Gasteiger partial charge in [0.15, 0.2) is 9.84 Å². The zero-order valence-corrected chi connectivity index (χ0v) is 15.5. The molecule has 1 aliphatic rings. The van der Waals surface area contributed by atoms with E-state index in [0.29, 0.717) is 0 Å². The van der Waals surface area contributed by atoms with Gasteiger partial charge in [0.25, 0.3) is 0 Å². The number of hydrogen-bond donors (Lipinski definition) is 2. The van der Waals surface area contributed by atoms with Gasteiger partial charge in [-0.3, -0.25) is 9.59 Å². The van der Waals surface area contributed by atoms with Crippen molar-refractivity contribution in [3.05, 3.63) is 58.6 Å². The van der Waals surface area contributed by atoms with Crippen LogP contribution in [-0.4, -0.2) is 26.5 Å². The molecule has 0 bridgehead atoms. The molecule has 1 atom stereocenters. The largest absolute Gasteiger partial charge is 0.341 e. The normalized spacial score (nSPS) is 16.0. The molecule has 136 valence electrons. The molecule has 6 nitrogen and oxygen atoms in total. The number of sulfone groups is 1. The van der Waals surface area contributed by atoms with E-state index in [4.69, 9.17) is 11.6 Å². The molecule has 0 spiro atoms. The first kappa shape index (κ1) is 18.4. The van der Waals surface area contributed by atoms with E-state index in [0.717, 1.165) is 30.2 Å². The summed E-state index contributed by atoms with van der Waals surface area (Å²) in [5.41, 5.74) is 2.23. The Balaban J connectivity index is 1.72. The first-order valence-corrected chi connectivity index (χ1v) is 10.2. The smallest absolute Gasteiger partial charge is 0.313 e. The van der Waals surface area contributed by atoms with Gasteiger partial charge in [0.2, 0.25) is 0 Å². The maximum atomic E-state index is 12.2. The highest BCUT2D eigenvalue weighted by atomic mass is 35.5. The summed E-state index contributed by atoms with van der Waals surface area (Å²) in [5.74, 6) is -1.70. The van der Waals surface area contributed by atoms with Gasteiger partial charge in [0, 0.05) is 6.26 Å². The lowest BCUT2D eigenvalue weighted by Crippen LogP contribution is -2.37. The highest BCUT2D eigenvalue weighted by Gasteiger charge is 2.26. The number of benzene rings is 2. The van der Waals surface area contributed by atoms with E-state index in [2.05, 4.69) is 10.6 Å². The second kappa shape index (κ2) is 7.09. The van der Waals surface area contributed by atoms with Crippen LogP contribution in [0.5, 0.6) is 0 Å². The molecule has 0 unspecified atom stereocenters. The Kier molecular flexibility index (Phi) is 5.02. The van der Waals surface area contributed by atoms with Crippen LogP contribution >= 0.6 is 11.6 Å². The van der Waals surface area contributed by atoms with E-state index in [9.17, 15) is 18.0 Å². The minimum Gasteiger partial charge on any atom is -0.341 e. The van der Waals surface area contributed by atoms with Crippen molar-refractivity contribution >= 4 is 38.9 Å². The Bertz CT molecular complexity index is 988. The van der Waals surface area contributed by atoms with Gasteiger partial charge < -0.3 is 10.6 Å². The fourth-order valence-corrected chi connectivity index (χ4v) is 3.75. The van der Waals surface area contributed by atoms with Crippen molar-refractivity contribution in [3.8, 4) is 0 Å². The molecule has 2 aromatic rings. The summed E-state index contributed by atoms with van der Waals surface area (Å²) in [4.78, 5) is 24.4. The van der Waals surface area contributed by atoms with Crippen LogP contribution in [0.15, 0.2) is 47.4 Å². The Labute approximate surface area is 156 Å². The second-order valence-corrected chi connectivity index (χ2v) is 8.55. The van der Waals surface area contributed by atoms with Crippen molar-refractivity contribution in [1.29, 1.82) is 0 Å². The SMILES string of the molecule is CS(=O)(=O)c1ccc(Cl)c(NC(=O)C(=O)N[C@@H]2CCc3ccccc32)c1. The Hall–Kier alpha value is -2.38. The minimum atomic E-state index is -3.46. The average molecular weight is 393 g/mol. The molecule has 0 radical (unpaired) electrons. The summed E-state index contributed by atoms with van der Waals surface area (Å²) in [6, 6.07) is 11.5. The molecule has 3 rings (SSSR count). The molecule has 0 fully saturated rings. The van der Waals surface area contributed by atoms with Crippen molar-refractivity contribution in [3.63, 3.8) is 0 Å². The van der Waals surface area contributed by atoms with Crippen molar-refractivity contribution in [2.24, 2.45) is 0 Å². The summed E-state index contributed by atoms with van der Waals surface area (Å²) >= 11 is 5.99. The Morgan fingerprint density at radius 1 is 1.12 bits per heavy atom. The zero-order valence-electron chi connectivity index (χ0n) is 14.0.